The van der Waals surface area contributed by atoms with Gasteiger partial charge in [-0.3, -0.25) is 0 Å². The van der Waals surface area contributed by atoms with Crippen molar-refractivity contribution in [3.05, 3.63) is 12.4 Å². The van der Waals surface area contributed by atoms with Crippen LogP contribution in [0.4, 0.5) is 5.69 Å². The van der Waals surface area contributed by atoms with Gasteiger partial charge in [0.05, 0.1) is 18.1 Å². The minimum atomic E-state index is 0.440. The molecule has 0 amide bonds. The number of aromatic nitrogens is 2. The zero-order valence-electron chi connectivity index (χ0n) is 8.28. The molecule has 0 aliphatic heterocycles. The van der Waals surface area contributed by atoms with E-state index in [1.54, 1.807) is 18.0 Å². The van der Waals surface area contributed by atoms with Crippen LogP contribution in [0.2, 0.25) is 0 Å². The van der Waals surface area contributed by atoms with Crippen molar-refractivity contribution in [3.8, 4) is 0 Å². The van der Waals surface area contributed by atoms with E-state index >= 15 is 0 Å². The predicted octanol–water partition coefficient (Wildman–Crippen LogP) is 0.793. The molecule has 2 N–H and O–H groups in total. The van der Waals surface area contributed by atoms with Gasteiger partial charge in [0.1, 0.15) is 6.73 Å². The third-order valence-electron chi connectivity index (χ3n) is 1.49. The van der Waals surface area contributed by atoms with E-state index in [0.717, 1.165) is 12.2 Å². The van der Waals surface area contributed by atoms with Gasteiger partial charge in [0, 0.05) is 13.7 Å². The second-order valence-electron chi connectivity index (χ2n) is 2.67. The van der Waals surface area contributed by atoms with Crippen molar-refractivity contribution in [1.29, 1.82) is 0 Å². The van der Waals surface area contributed by atoms with Crippen LogP contribution < -0.4 is 10.6 Å². The number of thiocarbonyl (C=S) groups is 1. The molecule has 0 aliphatic rings. The first-order valence-electron chi connectivity index (χ1n) is 4.32. The molecule has 14 heavy (non-hydrogen) atoms. The Morgan fingerprint density at radius 3 is 3.14 bits per heavy atom. The summed E-state index contributed by atoms with van der Waals surface area (Å²) in [7, 11) is 1.62. The predicted molar refractivity (Wildman–Crippen MR) is 59.1 cm³/mol. The van der Waals surface area contributed by atoms with Gasteiger partial charge in [-0.1, -0.05) is 0 Å². The van der Waals surface area contributed by atoms with Crippen molar-refractivity contribution in [3.63, 3.8) is 0 Å². The Hall–Kier alpha value is -1.14. The molecule has 1 aromatic heterocycles. The Morgan fingerprint density at radius 1 is 1.71 bits per heavy atom. The van der Waals surface area contributed by atoms with Crippen LogP contribution in [0.5, 0.6) is 0 Å². The summed E-state index contributed by atoms with van der Waals surface area (Å²) in [5.74, 6) is 0. The first-order chi connectivity index (χ1) is 6.76. The normalized spacial score (nSPS) is 9.86. The molecule has 0 unspecified atom stereocenters. The SMILES string of the molecule is CCNC(=S)Nc1cnn(COC)c1. The number of hydrogen-bond donors (Lipinski definition) is 2. The van der Waals surface area contributed by atoms with Gasteiger partial charge in [-0.2, -0.15) is 5.10 Å². The lowest BCUT2D eigenvalue weighted by atomic mass is 10.6. The number of nitrogens with one attached hydrogen (secondary N) is 2. The maximum atomic E-state index is 5.02. The first kappa shape index (κ1) is 10.9. The van der Waals surface area contributed by atoms with E-state index < -0.39 is 0 Å². The summed E-state index contributed by atoms with van der Waals surface area (Å²) >= 11 is 5.02. The van der Waals surface area contributed by atoms with Gasteiger partial charge < -0.3 is 15.4 Å². The smallest absolute Gasteiger partial charge is 0.170 e. The lowest BCUT2D eigenvalue weighted by molar-refractivity contribution is 0.120. The maximum absolute atomic E-state index is 5.02. The summed E-state index contributed by atoms with van der Waals surface area (Å²) in [4.78, 5) is 0. The summed E-state index contributed by atoms with van der Waals surface area (Å²) in [6.45, 7) is 3.23. The van der Waals surface area contributed by atoms with Crippen molar-refractivity contribution in [2.24, 2.45) is 0 Å². The van der Waals surface area contributed by atoms with Crippen LogP contribution in [0.1, 0.15) is 6.92 Å². The molecular formula is C8H14N4OS. The fourth-order valence-corrected chi connectivity index (χ4v) is 1.23. The lowest BCUT2D eigenvalue weighted by Gasteiger charge is -2.05. The van der Waals surface area contributed by atoms with E-state index in [1.165, 1.54) is 0 Å². The van der Waals surface area contributed by atoms with Crippen molar-refractivity contribution in [2.75, 3.05) is 19.0 Å². The highest BCUT2D eigenvalue weighted by molar-refractivity contribution is 7.80. The second kappa shape index (κ2) is 5.56. The number of nitrogens with zero attached hydrogens (tertiary/aromatic N) is 2. The molecule has 0 radical (unpaired) electrons. The monoisotopic (exact) mass is 214 g/mol. The van der Waals surface area contributed by atoms with Crippen LogP contribution in [0.15, 0.2) is 12.4 Å². The number of hydrogen-bond acceptors (Lipinski definition) is 3. The molecule has 0 bridgehead atoms. The van der Waals surface area contributed by atoms with E-state index in [0.29, 0.717) is 11.8 Å². The Morgan fingerprint density at radius 2 is 2.50 bits per heavy atom. The molecule has 1 aromatic rings. The van der Waals surface area contributed by atoms with Gasteiger partial charge in [-0.25, -0.2) is 4.68 Å². The minimum Gasteiger partial charge on any atom is -0.363 e. The molecule has 0 aliphatic carbocycles. The highest BCUT2D eigenvalue weighted by atomic mass is 32.1. The maximum Gasteiger partial charge on any atom is 0.170 e. The van der Waals surface area contributed by atoms with Crippen molar-refractivity contribution < 1.29 is 4.74 Å². The average Bonchev–Trinajstić information content (AvgIpc) is 2.53. The molecule has 1 rings (SSSR count). The van der Waals surface area contributed by atoms with Gasteiger partial charge in [0.2, 0.25) is 0 Å². The van der Waals surface area contributed by atoms with Gasteiger partial charge >= 0.3 is 0 Å². The highest BCUT2D eigenvalue weighted by Gasteiger charge is 1.99. The zero-order valence-corrected chi connectivity index (χ0v) is 9.10. The Balaban J connectivity index is 2.46. The fourth-order valence-electron chi connectivity index (χ4n) is 0.967. The fraction of sp³-hybridized carbons (Fsp3) is 0.500. The molecule has 0 fully saturated rings. The number of methoxy groups -OCH3 is 1. The Kier molecular flexibility index (Phi) is 4.34. The van der Waals surface area contributed by atoms with Crippen LogP contribution in [0, 0.1) is 0 Å². The molecular weight excluding hydrogens is 200 g/mol. The molecule has 0 saturated heterocycles. The molecule has 1 heterocycles. The standard InChI is InChI=1S/C8H14N4OS/c1-3-9-8(14)11-7-4-10-12(5-7)6-13-2/h4-5H,3,6H2,1-2H3,(H2,9,11,14). The molecule has 6 heteroatoms. The lowest BCUT2D eigenvalue weighted by Crippen LogP contribution is -2.27. The topological polar surface area (TPSA) is 51.1 Å². The Bertz CT molecular complexity index is 299. The van der Waals surface area contributed by atoms with Crippen molar-refractivity contribution >= 4 is 23.0 Å². The van der Waals surface area contributed by atoms with E-state index in [-0.39, 0.29) is 0 Å². The van der Waals surface area contributed by atoms with E-state index in [1.807, 2.05) is 13.1 Å². The third kappa shape index (κ3) is 3.31. The Labute approximate surface area is 88.4 Å². The van der Waals surface area contributed by atoms with Crippen LogP contribution in [0.25, 0.3) is 0 Å². The van der Waals surface area contributed by atoms with Crippen LogP contribution >= 0.6 is 12.2 Å². The molecule has 0 aromatic carbocycles. The summed E-state index contributed by atoms with van der Waals surface area (Å²) < 4.78 is 6.60. The van der Waals surface area contributed by atoms with Gasteiger partial charge in [-0.15, -0.1) is 0 Å². The van der Waals surface area contributed by atoms with Crippen LogP contribution in [-0.2, 0) is 11.5 Å². The van der Waals surface area contributed by atoms with Gasteiger partial charge in [0.15, 0.2) is 5.11 Å². The molecule has 5 nitrogen and oxygen atoms in total. The first-order valence-corrected chi connectivity index (χ1v) is 4.73. The minimum absolute atomic E-state index is 0.440. The molecule has 0 atom stereocenters. The molecule has 78 valence electrons. The molecule has 0 spiro atoms. The van der Waals surface area contributed by atoms with E-state index in [4.69, 9.17) is 17.0 Å². The summed E-state index contributed by atoms with van der Waals surface area (Å²) in [5.41, 5.74) is 0.855. The summed E-state index contributed by atoms with van der Waals surface area (Å²) in [6.07, 6.45) is 3.52. The third-order valence-corrected chi connectivity index (χ3v) is 1.74. The number of anilines is 1. The summed E-state index contributed by atoms with van der Waals surface area (Å²) in [5, 5.41) is 10.7. The van der Waals surface area contributed by atoms with Crippen molar-refractivity contribution in [1.82, 2.24) is 15.1 Å². The quantitative estimate of drug-likeness (QED) is 0.726. The average molecular weight is 214 g/mol. The van der Waals surface area contributed by atoms with E-state index in [9.17, 15) is 0 Å². The second-order valence-corrected chi connectivity index (χ2v) is 3.08. The number of ether oxygens (including phenoxy) is 1. The van der Waals surface area contributed by atoms with Gasteiger partial charge in [0.25, 0.3) is 0 Å². The highest BCUT2D eigenvalue weighted by Crippen LogP contribution is 2.04. The van der Waals surface area contributed by atoms with Crippen LogP contribution in [-0.4, -0.2) is 28.5 Å². The van der Waals surface area contributed by atoms with E-state index in [2.05, 4.69) is 15.7 Å². The van der Waals surface area contributed by atoms with Crippen LogP contribution in [0.3, 0.4) is 0 Å². The summed E-state index contributed by atoms with van der Waals surface area (Å²) in [6, 6.07) is 0. The van der Waals surface area contributed by atoms with Crippen molar-refractivity contribution in [2.45, 2.75) is 13.7 Å². The number of rotatable bonds is 4. The molecule has 0 saturated carbocycles. The largest absolute Gasteiger partial charge is 0.363 e. The van der Waals surface area contributed by atoms with Gasteiger partial charge in [-0.05, 0) is 19.1 Å². The zero-order chi connectivity index (χ0) is 10.4.